The zero-order valence-electron chi connectivity index (χ0n) is 9.60. The van der Waals surface area contributed by atoms with Gasteiger partial charge in [0.25, 0.3) is 0 Å². The number of para-hydroxylation sites is 1. The topological polar surface area (TPSA) is 36.6 Å². The molecule has 0 bridgehead atoms. The first kappa shape index (κ1) is 10.4. The van der Waals surface area contributed by atoms with Crippen LogP contribution in [0.5, 0.6) is 0 Å². The van der Waals surface area contributed by atoms with Crippen LogP contribution in [0.2, 0.25) is 0 Å². The van der Waals surface area contributed by atoms with Crippen molar-refractivity contribution >= 4 is 5.69 Å². The Balaban J connectivity index is 1.79. The van der Waals surface area contributed by atoms with E-state index in [0.29, 0.717) is 5.76 Å². The van der Waals surface area contributed by atoms with Crippen LogP contribution in [0, 0.1) is 0 Å². The summed E-state index contributed by atoms with van der Waals surface area (Å²) in [5, 5.41) is 8.96. The molecule has 0 amide bonds. The smallest absolute Gasteiger partial charge is 0.129 e. The van der Waals surface area contributed by atoms with Crippen molar-refractivity contribution in [2.45, 2.75) is 19.6 Å². The Labute approximate surface area is 100 Å². The highest BCUT2D eigenvalue weighted by atomic mass is 16.4. The lowest BCUT2D eigenvalue weighted by molar-refractivity contribution is 0.243. The molecule has 3 heteroatoms. The van der Waals surface area contributed by atoms with Crippen LogP contribution in [0.3, 0.4) is 0 Å². The molecule has 2 aromatic rings. The quantitative estimate of drug-likeness (QED) is 0.877. The molecule has 1 aliphatic heterocycles. The maximum absolute atomic E-state index is 8.96. The first-order chi connectivity index (χ1) is 8.36. The second-order valence-electron chi connectivity index (χ2n) is 4.33. The van der Waals surface area contributed by atoms with Crippen LogP contribution < -0.4 is 4.90 Å². The first-order valence-corrected chi connectivity index (χ1v) is 5.88. The Morgan fingerprint density at radius 3 is 2.76 bits per heavy atom. The molecule has 0 unspecified atom stereocenters. The van der Waals surface area contributed by atoms with Gasteiger partial charge in [-0.05, 0) is 30.2 Å². The molecule has 0 atom stereocenters. The van der Waals surface area contributed by atoms with Gasteiger partial charge in [-0.15, -0.1) is 0 Å². The van der Waals surface area contributed by atoms with Gasteiger partial charge in [-0.3, -0.25) is 0 Å². The van der Waals surface area contributed by atoms with E-state index in [2.05, 4.69) is 29.2 Å². The number of nitrogens with zero attached hydrogens (tertiary/aromatic N) is 1. The number of benzene rings is 1. The van der Waals surface area contributed by atoms with Crippen molar-refractivity contribution < 1.29 is 9.52 Å². The van der Waals surface area contributed by atoms with E-state index in [1.807, 2.05) is 12.1 Å². The molecule has 1 aromatic carbocycles. The van der Waals surface area contributed by atoms with Gasteiger partial charge in [-0.1, -0.05) is 18.2 Å². The highest BCUT2D eigenvalue weighted by molar-refractivity contribution is 5.57. The molecule has 2 heterocycles. The third-order valence-corrected chi connectivity index (χ3v) is 3.20. The molecule has 17 heavy (non-hydrogen) atoms. The van der Waals surface area contributed by atoms with E-state index in [0.717, 1.165) is 25.3 Å². The van der Waals surface area contributed by atoms with E-state index in [9.17, 15) is 0 Å². The first-order valence-electron chi connectivity index (χ1n) is 5.88. The van der Waals surface area contributed by atoms with Crippen molar-refractivity contribution in [1.29, 1.82) is 0 Å². The van der Waals surface area contributed by atoms with Gasteiger partial charge in [0.15, 0.2) is 0 Å². The van der Waals surface area contributed by atoms with Gasteiger partial charge in [0.1, 0.15) is 18.1 Å². The van der Waals surface area contributed by atoms with Crippen molar-refractivity contribution in [2.24, 2.45) is 0 Å². The third-order valence-electron chi connectivity index (χ3n) is 3.20. The van der Waals surface area contributed by atoms with Crippen LogP contribution in [-0.2, 0) is 19.6 Å². The zero-order chi connectivity index (χ0) is 11.7. The molecule has 3 nitrogen and oxygen atoms in total. The van der Waals surface area contributed by atoms with E-state index >= 15 is 0 Å². The van der Waals surface area contributed by atoms with E-state index in [1.54, 1.807) is 0 Å². The van der Waals surface area contributed by atoms with E-state index in [1.165, 1.54) is 11.3 Å². The predicted molar refractivity (Wildman–Crippen MR) is 65.8 cm³/mol. The third kappa shape index (κ3) is 1.94. The Morgan fingerprint density at radius 2 is 1.94 bits per heavy atom. The average Bonchev–Trinajstić information content (AvgIpc) is 2.97. The number of aliphatic hydroxyl groups is 1. The van der Waals surface area contributed by atoms with Crippen LogP contribution in [0.4, 0.5) is 5.69 Å². The fourth-order valence-electron chi connectivity index (χ4n) is 2.35. The van der Waals surface area contributed by atoms with Gasteiger partial charge in [0, 0.05) is 12.2 Å². The summed E-state index contributed by atoms with van der Waals surface area (Å²) in [5.41, 5.74) is 2.70. The molecule has 0 fully saturated rings. The van der Waals surface area contributed by atoms with Crippen LogP contribution >= 0.6 is 0 Å². The predicted octanol–water partition coefficient (Wildman–Crippen LogP) is 2.33. The molecule has 0 aliphatic carbocycles. The Bertz CT molecular complexity index is 518. The summed E-state index contributed by atoms with van der Waals surface area (Å²) in [6, 6.07) is 12.2. The number of aliphatic hydroxyl groups excluding tert-OH is 1. The van der Waals surface area contributed by atoms with Crippen LogP contribution in [0.25, 0.3) is 0 Å². The largest absolute Gasteiger partial charge is 0.462 e. The molecule has 1 aromatic heterocycles. The number of furan rings is 1. The Kier molecular flexibility index (Phi) is 2.61. The normalized spacial score (nSPS) is 14.1. The zero-order valence-corrected chi connectivity index (χ0v) is 9.60. The second kappa shape index (κ2) is 4.26. The van der Waals surface area contributed by atoms with Gasteiger partial charge in [-0.25, -0.2) is 0 Å². The minimum absolute atomic E-state index is 0.0312. The monoisotopic (exact) mass is 229 g/mol. The van der Waals surface area contributed by atoms with Crippen molar-refractivity contribution in [3.05, 3.63) is 53.5 Å². The van der Waals surface area contributed by atoms with Crippen LogP contribution in [0.1, 0.15) is 17.1 Å². The van der Waals surface area contributed by atoms with E-state index in [-0.39, 0.29) is 6.61 Å². The highest BCUT2D eigenvalue weighted by Crippen LogP contribution is 2.29. The molecule has 3 rings (SSSR count). The Morgan fingerprint density at radius 1 is 1.12 bits per heavy atom. The van der Waals surface area contributed by atoms with Crippen LogP contribution in [0.15, 0.2) is 40.8 Å². The molecule has 1 aliphatic rings. The summed E-state index contributed by atoms with van der Waals surface area (Å²) < 4.78 is 5.52. The average molecular weight is 229 g/mol. The van der Waals surface area contributed by atoms with Gasteiger partial charge in [0.05, 0.1) is 6.54 Å². The second-order valence-corrected chi connectivity index (χ2v) is 4.33. The number of fused-ring (bicyclic) bond motifs is 1. The van der Waals surface area contributed by atoms with E-state index < -0.39 is 0 Å². The van der Waals surface area contributed by atoms with Crippen molar-refractivity contribution in [3.63, 3.8) is 0 Å². The Hall–Kier alpha value is -1.74. The van der Waals surface area contributed by atoms with Crippen molar-refractivity contribution in [1.82, 2.24) is 0 Å². The minimum Gasteiger partial charge on any atom is -0.462 e. The molecule has 88 valence electrons. The minimum atomic E-state index is -0.0312. The standard InChI is InChI=1S/C14H15NO2/c16-10-13-6-5-12(17-13)9-15-8-7-11-3-1-2-4-14(11)15/h1-6,16H,7-10H2. The number of anilines is 1. The molecule has 0 radical (unpaired) electrons. The number of hydrogen-bond donors (Lipinski definition) is 1. The molecule has 0 saturated heterocycles. The van der Waals surface area contributed by atoms with Crippen molar-refractivity contribution in [3.8, 4) is 0 Å². The van der Waals surface area contributed by atoms with Crippen LogP contribution in [-0.4, -0.2) is 11.7 Å². The molecule has 0 saturated carbocycles. The summed E-state index contributed by atoms with van der Waals surface area (Å²) in [7, 11) is 0. The summed E-state index contributed by atoms with van der Waals surface area (Å²) in [4.78, 5) is 2.31. The number of rotatable bonds is 3. The van der Waals surface area contributed by atoms with E-state index in [4.69, 9.17) is 9.52 Å². The maximum Gasteiger partial charge on any atom is 0.129 e. The lowest BCUT2D eigenvalue weighted by Gasteiger charge is -2.17. The SMILES string of the molecule is OCc1ccc(CN2CCc3ccccc32)o1. The fraction of sp³-hybridized carbons (Fsp3) is 0.286. The van der Waals surface area contributed by atoms with Gasteiger partial charge in [0.2, 0.25) is 0 Å². The molecular weight excluding hydrogens is 214 g/mol. The number of hydrogen-bond acceptors (Lipinski definition) is 3. The highest BCUT2D eigenvalue weighted by Gasteiger charge is 2.19. The van der Waals surface area contributed by atoms with Crippen molar-refractivity contribution in [2.75, 3.05) is 11.4 Å². The fourth-order valence-corrected chi connectivity index (χ4v) is 2.35. The summed E-state index contributed by atoms with van der Waals surface area (Å²) in [5.74, 6) is 1.54. The molecular formula is C14H15NO2. The summed E-state index contributed by atoms with van der Waals surface area (Å²) >= 11 is 0. The molecule has 1 N–H and O–H groups in total. The summed E-state index contributed by atoms with van der Waals surface area (Å²) in [6.45, 7) is 1.78. The maximum atomic E-state index is 8.96. The lowest BCUT2D eigenvalue weighted by atomic mass is 10.2. The van der Waals surface area contributed by atoms with Gasteiger partial charge < -0.3 is 14.4 Å². The van der Waals surface area contributed by atoms with Gasteiger partial charge in [-0.2, -0.15) is 0 Å². The lowest BCUT2D eigenvalue weighted by Crippen LogP contribution is -2.19. The summed E-state index contributed by atoms with van der Waals surface area (Å²) in [6.07, 6.45) is 1.10. The van der Waals surface area contributed by atoms with Gasteiger partial charge >= 0.3 is 0 Å². The molecule has 0 spiro atoms.